The first-order chi connectivity index (χ1) is 8.57. The van der Waals surface area contributed by atoms with Gasteiger partial charge in [0.2, 0.25) is 0 Å². The zero-order chi connectivity index (χ0) is 13.2. The molecule has 0 aliphatic carbocycles. The molecule has 1 saturated heterocycles. The van der Waals surface area contributed by atoms with Gasteiger partial charge in [0.1, 0.15) is 11.4 Å². The first-order valence-electron chi connectivity index (χ1n) is 6.31. The Morgan fingerprint density at radius 3 is 2.56 bits per heavy atom. The monoisotopic (exact) mass is 253 g/mol. The topological polar surface area (TPSA) is 79.5 Å². The minimum absolute atomic E-state index is 0.534. The van der Waals surface area contributed by atoms with E-state index in [0.717, 1.165) is 24.5 Å². The van der Waals surface area contributed by atoms with E-state index in [2.05, 4.69) is 19.8 Å². The summed E-state index contributed by atoms with van der Waals surface area (Å²) in [6, 6.07) is 0. The second-order valence-corrected chi connectivity index (χ2v) is 5.01. The van der Waals surface area contributed by atoms with E-state index in [9.17, 15) is 9.90 Å². The van der Waals surface area contributed by atoms with E-state index in [0.29, 0.717) is 25.8 Å². The molecule has 0 spiro atoms. The van der Waals surface area contributed by atoms with Gasteiger partial charge >= 0.3 is 5.97 Å². The van der Waals surface area contributed by atoms with Crippen molar-refractivity contribution in [2.45, 2.75) is 39.7 Å². The van der Waals surface area contributed by atoms with Crippen LogP contribution in [0.3, 0.4) is 0 Å². The van der Waals surface area contributed by atoms with Gasteiger partial charge in [-0.05, 0) is 39.3 Å². The molecule has 0 saturated carbocycles. The average Bonchev–Trinajstić information content (AvgIpc) is 2.76. The van der Waals surface area contributed by atoms with Gasteiger partial charge in [0.05, 0.1) is 5.41 Å². The number of hydrogen-bond acceptors (Lipinski definition) is 5. The number of likely N-dealkylation sites (tertiary alicyclic amines) is 1. The highest BCUT2D eigenvalue weighted by atomic mass is 16.6. The van der Waals surface area contributed by atoms with Crippen LogP contribution >= 0.6 is 0 Å². The summed E-state index contributed by atoms with van der Waals surface area (Å²) in [5, 5.41) is 16.9. The zero-order valence-electron chi connectivity index (χ0n) is 10.8. The summed E-state index contributed by atoms with van der Waals surface area (Å²) in [5.74, 6) is -0.663. The van der Waals surface area contributed by atoms with E-state index in [1.807, 2.05) is 13.8 Å². The van der Waals surface area contributed by atoms with Crippen molar-refractivity contribution in [3.63, 3.8) is 0 Å². The third-order valence-corrected chi connectivity index (χ3v) is 4.06. The van der Waals surface area contributed by atoms with Crippen LogP contribution in [0.5, 0.6) is 0 Å². The Bertz CT molecular complexity index is 422. The third-order valence-electron chi connectivity index (χ3n) is 4.06. The van der Waals surface area contributed by atoms with E-state index in [-0.39, 0.29) is 0 Å². The van der Waals surface area contributed by atoms with Crippen molar-refractivity contribution >= 4 is 5.97 Å². The van der Waals surface area contributed by atoms with Crippen LogP contribution in [0.4, 0.5) is 0 Å². The minimum Gasteiger partial charge on any atom is -0.481 e. The first kappa shape index (κ1) is 13.0. The van der Waals surface area contributed by atoms with Gasteiger partial charge in [-0.25, -0.2) is 4.63 Å². The zero-order valence-corrected chi connectivity index (χ0v) is 10.8. The van der Waals surface area contributed by atoms with Crippen molar-refractivity contribution in [1.29, 1.82) is 0 Å². The summed E-state index contributed by atoms with van der Waals surface area (Å²) in [4.78, 5) is 13.5. The molecule has 100 valence electrons. The molecule has 1 aromatic rings. The summed E-state index contributed by atoms with van der Waals surface area (Å²) < 4.78 is 4.67. The van der Waals surface area contributed by atoms with E-state index in [1.54, 1.807) is 0 Å². The van der Waals surface area contributed by atoms with Crippen molar-refractivity contribution in [3.05, 3.63) is 11.4 Å². The largest absolute Gasteiger partial charge is 0.481 e. The van der Waals surface area contributed by atoms with Gasteiger partial charge in [0.25, 0.3) is 0 Å². The molecule has 0 aromatic carbocycles. The number of carboxylic acids is 1. The lowest BCUT2D eigenvalue weighted by molar-refractivity contribution is -0.152. The molecule has 1 fully saturated rings. The number of aryl methyl sites for hydroxylation is 1. The van der Waals surface area contributed by atoms with Crippen molar-refractivity contribution in [2.24, 2.45) is 5.41 Å². The third kappa shape index (κ3) is 2.38. The highest BCUT2D eigenvalue weighted by Gasteiger charge is 2.39. The van der Waals surface area contributed by atoms with Gasteiger partial charge in [0, 0.05) is 6.54 Å². The number of aliphatic carboxylic acids is 1. The van der Waals surface area contributed by atoms with E-state index < -0.39 is 11.4 Å². The fourth-order valence-corrected chi connectivity index (χ4v) is 2.46. The lowest BCUT2D eigenvalue weighted by Gasteiger charge is -2.37. The Kier molecular flexibility index (Phi) is 3.65. The minimum atomic E-state index is -0.663. The van der Waals surface area contributed by atoms with Crippen molar-refractivity contribution in [1.82, 2.24) is 15.2 Å². The lowest BCUT2D eigenvalue weighted by Crippen LogP contribution is -2.43. The molecule has 0 atom stereocenters. The molecule has 6 nitrogen and oxygen atoms in total. The molecule has 18 heavy (non-hydrogen) atoms. The fraction of sp³-hybridized carbons (Fsp3) is 0.750. The normalized spacial score (nSPS) is 19.9. The number of rotatable bonds is 4. The molecule has 1 aliphatic heterocycles. The Balaban J connectivity index is 1.94. The quantitative estimate of drug-likeness (QED) is 0.875. The predicted octanol–water partition coefficient (Wildman–Crippen LogP) is 1.45. The molecule has 1 aromatic heterocycles. The Morgan fingerprint density at radius 1 is 1.44 bits per heavy atom. The van der Waals surface area contributed by atoms with Crippen LogP contribution in [-0.4, -0.2) is 39.4 Å². The summed E-state index contributed by atoms with van der Waals surface area (Å²) in [6.45, 7) is 6.08. The number of aromatic nitrogens is 2. The first-order valence-corrected chi connectivity index (χ1v) is 6.31. The maximum absolute atomic E-state index is 11.3. The Labute approximate surface area is 106 Å². The second-order valence-electron chi connectivity index (χ2n) is 5.01. The molecule has 2 rings (SSSR count). The van der Waals surface area contributed by atoms with Crippen LogP contribution in [0.15, 0.2) is 4.63 Å². The number of piperidine rings is 1. The number of carboxylic acid groups (broad SMARTS) is 1. The predicted molar refractivity (Wildman–Crippen MR) is 63.9 cm³/mol. The maximum Gasteiger partial charge on any atom is 0.309 e. The summed E-state index contributed by atoms with van der Waals surface area (Å²) in [6.07, 6.45) is 2.09. The van der Waals surface area contributed by atoms with E-state index >= 15 is 0 Å². The summed E-state index contributed by atoms with van der Waals surface area (Å²) >= 11 is 0. The number of carbonyl (C=O) groups is 1. The SMILES string of the molecule is CCC1(C(=O)O)CCN(Cc2nonc2C)CC1. The van der Waals surface area contributed by atoms with Crippen LogP contribution in [0, 0.1) is 12.3 Å². The molecule has 0 unspecified atom stereocenters. The maximum atomic E-state index is 11.3. The van der Waals surface area contributed by atoms with E-state index in [4.69, 9.17) is 0 Å². The van der Waals surface area contributed by atoms with Gasteiger partial charge in [-0.2, -0.15) is 0 Å². The van der Waals surface area contributed by atoms with Crippen molar-refractivity contribution < 1.29 is 14.5 Å². The van der Waals surface area contributed by atoms with Gasteiger partial charge in [-0.1, -0.05) is 17.2 Å². The molecule has 0 bridgehead atoms. The second kappa shape index (κ2) is 5.06. The molecular weight excluding hydrogens is 234 g/mol. The average molecular weight is 253 g/mol. The molecule has 2 heterocycles. The number of hydrogen-bond donors (Lipinski definition) is 1. The molecule has 6 heteroatoms. The Morgan fingerprint density at radius 2 is 2.11 bits per heavy atom. The van der Waals surface area contributed by atoms with Crippen LogP contribution in [0.2, 0.25) is 0 Å². The molecule has 1 aliphatic rings. The van der Waals surface area contributed by atoms with E-state index in [1.165, 1.54) is 0 Å². The van der Waals surface area contributed by atoms with Gasteiger partial charge < -0.3 is 5.11 Å². The summed E-state index contributed by atoms with van der Waals surface area (Å²) in [7, 11) is 0. The van der Waals surface area contributed by atoms with Crippen molar-refractivity contribution in [2.75, 3.05) is 13.1 Å². The standard InChI is InChI=1S/C12H19N3O3/c1-3-12(11(16)17)4-6-15(7-5-12)8-10-9(2)13-18-14-10/h3-8H2,1-2H3,(H,16,17). The van der Waals surface area contributed by atoms with Crippen LogP contribution in [-0.2, 0) is 11.3 Å². The number of nitrogens with zero attached hydrogens (tertiary/aromatic N) is 3. The molecule has 1 N–H and O–H groups in total. The van der Waals surface area contributed by atoms with Gasteiger partial charge in [0.15, 0.2) is 0 Å². The van der Waals surface area contributed by atoms with Crippen molar-refractivity contribution in [3.8, 4) is 0 Å². The van der Waals surface area contributed by atoms with Crippen LogP contribution in [0.25, 0.3) is 0 Å². The fourth-order valence-electron chi connectivity index (χ4n) is 2.46. The molecule has 0 amide bonds. The lowest BCUT2D eigenvalue weighted by atomic mass is 9.76. The smallest absolute Gasteiger partial charge is 0.309 e. The van der Waals surface area contributed by atoms with Gasteiger partial charge in [-0.3, -0.25) is 9.69 Å². The highest BCUT2D eigenvalue weighted by Crippen LogP contribution is 2.35. The van der Waals surface area contributed by atoms with Crippen LogP contribution in [0.1, 0.15) is 37.6 Å². The van der Waals surface area contributed by atoms with Crippen LogP contribution < -0.4 is 0 Å². The highest BCUT2D eigenvalue weighted by molar-refractivity contribution is 5.74. The Hall–Kier alpha value is -1.43. The summed E-state index contributed by atoms with van der Waals surface area (Å²) in [5.41, 5.74) is 1.11. The molecule has 0 radical (unpaired) electrons. The van der Waals surface area contributed by atoms with Gasteiger partial charge in [-0.15, -0.1) is 0 Å². The molecular formula is C12H19N3O3.